The number of benzene rings is 2. The molecule has 0 bridgehead atoms. The smallest absolute Gasteiger partial charge is 0.375 e. The molecular weight excluding hydrogens is 358 g/mol. The summed E-state index contributed by atoms with van der Waals surface area (Å²) in [6.07, 6.45) is -1.04. The molecule has 0 spiro atoms. The number of para-hydroxylation sites is 1. The number of hydrogen-bond donors (Lipinski definition) is 1. The number of ether oxygens (including phenoxy) is 2. The van der Waals surface area contributed by atoms with E-state index in [9.17, 15) is 9.59 Å². The SMILES string of the molecule is COc1ccc(Cl)cc1NC(=O)C(C)OC(=O)c1cc2ccccc2o1. The fraction of sp³-hybridized carbons (Fsp3) is 0.158. The van der Waals surface area contributed by atoms with Gasteiger partial charge in [0.05, 0.1) is 12.8 Å². The number of carbonyl (C=O) groups is 2. The summed E-state index contributed by atoms with van der Waals surface area (Å²) in [5.74, 6) is -0.762. The van der Waals surface area contributed by atoms with E-state index in [1.807, 2.05) is 12.1 Å². The van der Waals surface area contributed by atoms with Crippen molar-refractivity contribution in [1.82, 2.24) is 0 Å². The number of anilines is 1. The summed E-state index contributed by atoms with van der Waals surface area (Å²) < 4.78 is 15.8. The second kappa shape index (κ2) is 7.49. The summed E-state index contributed by atoms with van der Waals surface area (Å²) in [5, 5.41) is 3.85. The molecule has 1 amide bonds. The third-order valence-electron chi connectivity index (χ3n) is 3.70. The molecule has 0 fully saturated rings. The largest absolute Gasteiger partial charge is 0.495 e. The van der Waals surface area contributed by atoms with Crippen LogP contribution in [0.4, 0.5) is 5.69 Å². The van der Waals surface area contributed by atoms with E-state index in [1.165, 1.54) is 14.0 Å². The molecule has 0 aliphatic carbocycles. The molecule has 1 atom stereocenters. The van der Waals surface area contributed by atoms with Gasteiger partial charge in [0.25, 0.3) is 5.91 Å². The van der Waals surface area contributed by atoms with E-state index in [2.05, 4.69) is 5.32 Å². The minimum absolute atomic E-state index is 0.0335. The lowest BCUT2D eigenvalue weighted by Gasteiger charge is -2.14. The minimum Gasteiger partial charge on any atom is -0.495 e. The summed E-state index contributed by atoms with van der Waals surface area (Å²) in [5.41, 5.74) is 0.955. The standard InChI is InChI=1S/C19H16ClNO5/c1-11(18(22)21-14-10-13(20)7-8-16(14)24-2)25-19(23)17-9-12-5-3-4-6-15(12)26-17/h3-11H,1-2H3,(H,21,22). The first-order chi connectivity index (χ1) is 12.5. The van der Waals surface area contributed by atoms with Gasteiger partial charge in [0.15, 0.2) is 6.10 Å². The first kappa shape index (κ1) is 17.8. The van der Waals surface area contributed by atoms with Crippen LogP contribution in [-0.4, -0.2) is 25.1 Å². The molecule has 0 saturated heterocycles. The molecule has 26 heavy (non-hydrogen) atoms. The number of hydrogen-bond acceptors (Lipinski definition) is 5. The predicted molar refractivity (Wildman–Crippen MR) is 97.7 cm³/mol. The van der Waals surface area contributed by atoms with Crippen molar-refractivity contribution in [3.63, 3.8) is 0 Å². The van der Waals surface area contributed by atoms with E-state index >= 15 is 0 Å². The Morgan fingerprint density at radius 2 is 1.92 bits per heavy atom. The van der Waals surface area contributed by atoms with Crippen molar-refractivity contribution < 1.29 is 23.5 Å². The second-order valence-corrected chi connectivity index (χ2v) is 5.97. The molecule has 2 aromatic carbocycles. The van der Waals surface area contributed by atoms with Crippen molar-refractivity contribution in [2.24, 2.45) is 0 Å². The number of methoxy groups -OCH3 is 1. The number of furan rings is 1. The number of halogens is 1. The van der Waals surface area contributed by atoms with Gasteiger partial charge in [0.2, 0.25) is 5.76 Å². The van der Waals surface area contributed by atoms with E-state index in [1.54, 1.807) is 36.4 Å². The average Bonchev–Trinajstić information content (AvgIpc) is 3.06. The van der Waals surface area contributed by atoms with Crippen molar-refractivity contribution in [3.8, 4) is 5.75 Å². The fourth-order valence-electron chi connectivity index (χ4n) is 2.37. The zero-order valence-corrected chi connectivity index (χ0v) is 14.9. The van der Waals surface area contributed by atoms with Crippen LogP contribution < -0.4 is 10.1 Å². The van der Waals surface area contributed by atoms with Gasteiger partial charge in [0, 0.05) is 10.4 Å². The summed E-state index contributed by atoms with van der Waals surface area (Å²) in [6.45, 7) is 1.47. The topological polar surface area (TPSA) is 77.8 Å². The monoisotopic (exact) mass is 373 g/mol. The van der Waals surface area contributed by atoms with Gasteiger partial charge in [-0.25, -0.2) is 4.79 Å². The van der Waals surface area contributed by atoms with Gasteiger partial charge < -0.3 is 19.2 Å². The normalized spacial score (nSPS) is 11.8. The Bertz CT molecular complexity index is 932. The molecule has 3 rings (SSSR count). The summed E-state index contributed by atoms with van der Waals surface area (Å²) in [4.78, 5) is 24.5. The van der Waals surface area contributed by atoms with E-state index < -0.39 is 18.0 Å². The van der Waals surface area contributed by atoms with Crippen LogP contribution in [0.5, 0.6) is 5.75 Å². The Labute approximate surface area is 154 Å². The van der Waals surface area contributed by atoms with Crippen LogP contribution in [0.1, 0.15) is 17.5 Å². The Morgan fingerprint density at radius 1 is 1.15 bits per heavy atom. The van der Waals surface area contributed by atoms with Gasteiger partial charge in [-0.05, 0) is 37.3 Å². The Hall–Kier alpha value is -2.99. The molecule has 0 aliphatic heterocycles. The lowest BCUT2D eigenvalue weighted by molar-refractivity contribution is -0.123. The highest BCUT2D eigenvalue weighted by molar-refractivity contribution is 6.31. The molecule has 1 aromatic heterocycles. The molecule has 7 heteroatoms. The molecule has 1 heterocycles. The molecule has 0 aliphatic rings. The molecule has 0 radical (unpaired) electrons. The van der Waals surface area contributed by atoms with Crippen molar-refractivity contribution in [3.05, 3.63) is 59.3 Å². The van der Waals surface area contributed by atoms with Crippen molar-refractivity contribution in [2.45, 2.75) is 13.0 Å². The van der Waals surface area contributed by atoms with Crippen LogP contribution in [0, 0.1) is 0 Å². The average molecular weight is 374 g/mol. The third-order valence-corrected chi connectivity index (χ3v) is 3.93. The number of amides is 1. The fourth-order valence-corrected chi connectivity index (χ4v) is 2.54. The van der Waals surface area contributed by atoms with Crippen molar-refractivity contribution in [1.29, 1.82) is 0 Å². The van der Waals surface area contributed by atoms with Gasteiger partial charge >= 0.3 is 5.97 Å². The van der Waals surface area contributed by atoms with Gasteiger partial charge in [-0.1, -0.05) is 29.8 Å². The summed E-state index contributed by atoms with van der Waals surface area (Å²) in [7, 11) is 1.48. The zero-order valence-electron chi connectivity index (χ0n) is 14.1. The zero-order chi connectivity index (χ0) is 18.7. The minimum atomic E-state index is -1.04. The number of esters is 1. The van der Waals surface area contributed by atoms with Crippen molar-refractivity contribution in [2.75, 3.05) is 12.4 Å². The molecule has 134 valence electrons. The Morgan fingerprint density at radius 3 is 2.65 bits per heavy atom. The van der Waals surface area contributed by atoms with Crippen LogP contribution >= 0.6 is 11.6 Å². The number of rotatable bonds is 5. The van der Waals surface area contributed by atoms with E-state index in [4.69, 9.17) is 25.5 Å². The predicted octanol–water partition coefficient (Wildman–Crippen LogP) is 4.28. The second-order valence-electron chi connectivity index (χ2n) is 5.53. The van der Waals surface area contributed by atoms with Gasteiger partial charge in [-0.2, -0.15) is 0 Å². The Balaban J connectivity index is 1.69. The highest BCUT2D eigenvalue weighted by atomic mass is 35.5. The van der Waals surface area contributed by atoms with E-state index in [0.717, 1.165) is 5.39 Å². The van der Waals surface area contributed by atoms with Crippen LogP contribution in [0.15, 0.2) is 52.9 Å². The maximum absolute atomic E-state index is 12.3. The first-order valence-corrected chi connectivity index (χ1v) is 8.19. The van der Waals surface area contributed by atoms with Crippen LogP contribution in [-0.2, 0) is 9.53 Å². The Kier molecular flexibility index (Phi) is 5.14. The molecule has 1 N–H and O–H groups in total. The maximum Gasteiger partial charge on any atom is 0.375 e. The van der Waals surface area contributed by atoms with Crippen molar-refractivity contribution >= 4 is 40.1 Å². The molecule has 1 unspecified atom stereocenters. The van der Waals surface area contributed by atoms with Crippen LogP contribution in [0.3, 0.4) is 0 Å². The van der Waals surface area contributed by atoms with E-state index in [0.29, 0.717) is 22.0 Å². The van der Waals surface area contributed by atoms with Gasteiger partial charge in [0.1, 0.15) is 11.3 Å². The van der Waals surface area contributed by atoms with Gasteiger partial charge in [-0.3, -0.25) is 4.79 Å². The number of carbonyl (C=O) groups excluding carboxylic acids is 2. The maximum atomic E-state index is 12.3. The quantitative estimate of drug-likeness (QED) is 0.675. The molecular formula is C19H16ClNO5. The van der Waals surface area contributed by atoms with Gasteiger partial charge in [-0.15, -0.1) is 0 Å². The molecule has 6 nitrogen and oxygen atoms in total. The number of nitrogens with one attached hydrogen (secondary N) is 1. The van der Waals surface area contributed by atoms with Crippen LogP contribution in [0.25, 0.3) is 11.0 Å². The first-order valence-electron chi connectivity index (χ1n) is 7.82. The lowest BCUT2D eigenvalue weighted by atomic mass is 10.2. The molecule has 3 aromatic rings. The summed E-state index contributed by atoms with van der Waals surface area (Å²) >= 11 is 5.94. The van der Waals surface area contributed by atoms with Crippen LogP contribution in [0.2, 0.25) is 5.02 Å². The third kappa shape index (κ3) is 3.81. The lowest BCUT2D eigenvalue weighted by Crippen LogP contribution is -2.30. The van der Waals surface area contributed by atoms with E-state index in [-0.39, 0.29) is 5.76 Å². The highest BCUT2D eigenvalue weighted by Crippen LogP contribution is 2.28. The summed E-state index contributed by atoms with van der Waals surface area (Å²) in [6, 6.07) is 13.6. The molecule has 0 saturated carbocycles. The number of fused-ring (bicyclic) bond motifs is 1. The highest BCUT2D eigenvalue weighted by Gasteiger charge is 2.22.